The number of hydrogen-bond acceptors (Lipinski definition) is 5. The Labute approximate surface area is 177 Å². The maximum absolute atomic E-state index is 13.1. The molecule has 0 atom stereocenters. The second-order valence-electron chi connectivity index (χ2n) is 7.29. The Balaban J connectivity index is 1.71. The van der Waals surface area contributed by atoms with E-state index in [2.05, 4.69) is 4.98 Å². The minimum Gasteiger partial charge on any atom is -0.486 e. The second-order valence-corrected chi connectivity index (χ2v) is 10.1. The van der Waals surface area contributed by atoms with Crippen LogP contribution in [-0.2, 0) is 23.2 Å². The van der Waals surface area contributed by atoms with Crippen LogP contribution in [0.3, 0.4) is 0 Å². The fourth-order valence-corrected chi connectivity index (χ4v) is 5.12. The molecule has 0 amide bonds. The van der Waals surface area contributed by atoms with Crippen molar-refractivity contribution in [3.8, 4) is 5.75 Å². The average molecular weight is 431 g/mol. The van der Waals surface area contributed by atoms with Crippen molar-refractivity contribution in [3.05, 3.63) is 75.7 Å². The first-order valence-corrected chi connectivity index (χ1v) is 11.8. The van der Waals surface area contributed by atoms with Crippen LogP contribution in [-0.4, -0.2) is 23.7 Å². The molecule has 3 aromatic rings. The van der Waals surface area contributed by atoms with Crippen molar-refractivity contribution in [1.29, 1.82) is 0 Å². The molecule has 1 heterocycles. The van der Waals surface area contributed by atoms with Gasteiger partial charge in [-0.1, -0.05) is 35.4 Å². The Morgan fingerprint density at radius 3 is 2.17 bits per heavy atom. The van der Waals surface area contributed by atoms with E-state index in [1.165, 1.54) is 21.2 Å². The van der Waals surface area contributed by atoms with Crippen LogP contribution in [0, 0.1) is 13.8 Å². The van der Waals surface area contributed by atoms with Crippen LogP contribution in [0.5, 0.6) is 5.75 Å². The molecule has 29 heavy (non-hydrogen) atoms. The van der Waals surface area contributed by atoms with Crippen LogP contribution >= 0.6 is 11.3 Å². The minimum absolute atomic E-state index is 0.185. The number of thiazole rings is 1. The Morgan fingerprint density at radius 1 is 1.00 bits per heavy atom. The summed E-state index contributed by atoms with van der Waals surface area (Å²) in [5, 5.41) is 2.71. The number of aryl methyl sites for hydroxylation is 2. The summed E-state index contributed by atoms with van der Waals surface area (Å²) in [6, 6.07) is 14.6. The van der Waals surface area contributed by atoms with Crippen molar-refractivity contribution >= 4 is 21.4 Å². The van der Waals surface area contributed by atoms with Crippen LogP contribution < -0.4 is 4.74 Å². The van der Waals surface area contributed by atoms with Crippen LogP contribution in [0.2, 0.25) is 0 Å². The average Bonchev–Trinajstić information content (AvgIpc) is 3.13. The summed E-state index contributed by atoms with van der Waals surface area (Å²) in [6.45, 7) is 8.31. The lowest BCUT2D eigenvalue weighted by molar-refractivity contribution is 0.304. The van der Waals surface area contributed by atoms with Crippen molar-refractivity contribution in [3.63, 3.8) is 0 Å². The number of benzene rings is 2. The largest absolute Gasteiger partial charge is 0.486 e. The number of aromatic nitrogens is 1. The zero-order chi connectivity index (χ0) is 21.0. The quantitative estimate of drug-likeness (QED) is 0.508. The summed E-state index contributed by atoms with van der Waals surface area (Å²) in [4.78, 5) is 4.87. The molecule has 3 rings (SSSR count). The predicted octanol–water partition coefficient (Wildman–Crippen LogP) is 4.94. The van der Waals surface area contributed by atoms with Gasteiger partial charge in [0.15, 0.2) is 0 Å². The van der Waals surface area contributed by atoms with Gasteiger partial charge in [-0.25, -0.2) is 13.4 Å². The first-order chi connectivity index (χ1) is 13.8. The predicted molar refractivity (Wildman–Crippen MR) is 117 cm³/mol. The number of nitrogens with zero attached hydrogens (tertiary/aromatic N) is 2. The zero-order valence-electron chi connectivity index (χ0n) is 17.1. The van der Waals surface area contributed by atoms with E-state index < -0.39 is 10.0 Å². The second kappa shape index (κ2) is 9.07. The molecule has 5 nitrogen and oxygen atoms in total. The lowest BCUT2D eigenvalue weighted by Gasteiger charge is -2.25. The molecule has 2 aromatic carbocycles. The standard InChI is InChI=1S/C22H26N2O3S2/c1-16(2)24(29(25,26)21-11-7-18(4)8-12-21)13-19-15-28-22(23-19)14-27-20-9-5-17(3)6-10-20/h5-12,15-16H,13-14H2,1-4H3. The highest BCUT2D eigenvalue weighted by molar-refractivity contribution is 7.89. The van der Waals surface area contributed by atoms with Gasteiger partial charge < -0.3 is 4.74 Å². The van der Waals surface area contributed by atoms with Gasteiger partial charge in [-0.3, -0.25) is 0 Å². The molecule has 0 aliphatic rings. The van der Waals surface area contributed by atoms with Crippen LogP contribution in [0.1, 0.15) is 35.7 Å². The number of sulfonamides is 1. The fraction of sp³-hybridized carbons (Fsp3) is 0.318. The lowest BCUT2D eigenvalue weighted by atomic mass is 10.2. The Morgan fingerprint density at radius 2 is 1.59 bits per heavy atom. The Hall–Kier alpha value is -2.22. The summed E-state index contributed by atoms with van der Waals surface area (Å²) in [5.41, 5.74) is 2.93. The van der Waals surface area contributed by atoms with Gasteiger partial charge in [0.2, 0.25) is 10.0 Å². The third kappa shape index (κ3) is 5.44. The van der Waals surface area contributed by atoms with Gasteiger partial charge in [0.05, 0.1) is 17.1 Å². The fourth-order valence-electron chi connectivity index (χ4n) is 2.82. The van der Waals surface area contributed by atoms with Gasteiger partial charge in [-0.05, 0) is 52.0 Å². The Kier molecular flexibility index (Phi) is 6.72. The SMILES string of the molecule is Cc1ccc(OCc2nc(CN(C(C)C)S(=O)(=O)c3ccc(C)cc3)cs2)cc1. The molecule has 0 aliphatic carbocycles. The molecule has 7 heteroatoms. The maximum Gasteiger partial charge on any atom is 0.243 e. The highest BCUT2D eigenvalue weighted by atomic mass is 32.2. The highest BCUT2D eigenvalue weighted by Crippen LogP contribution is 2.23. The first-order valence-electron chi connectivity index (χ1n) is 9.47. The molecular formula is C22H26N2O3S2. The van der Waals surface area contributed by atoms with E-state index in [0.29, 0.717) is 11.5 Å². The third-order valence-electron chi connectivity index (χ3n) is 4.50. The zero-order valence-corrected chi connectivity index (χ0v) is 18.8. The molecule has 0 N–H and O–H groups in total. The first kappa shape index (κ1) is 21.5. The van der Waals surface area contributed by atoms with Gasteiger partial charge in [-0.15, -0.1) is 11.3 Å². The summed E-state index contributed by atoms with van der Waals surface area (Å²) in [6.07, 6.45) is 0. The molecule has 0 saturated carbocycles. The molecular weight excluding hydrogens is 404 g/mol. The van der Waals surface area contributed by atoms with Crippen LogP contribution in [0.15, 0.2) is 58.8 Å². The Bertz CT molecular complexity index is 1040. The van der Waals surface area contributed by atoms with E-state index in [1.807, 2.05) is 69.5 Å². The van der Waals surface area contributed by atoms with Gasteiger partial charge in [0, 0.05) is 11.4 Å². The summed E-state index contributed by atoms with van der Waals surface area (Å²) < 4.78 is 33.5. The maximum atomic E-state index is 13.1. The lowest BCUT2D eigenvalue weighted by Crippen LogP contribution is -2.36. The normalized spacial score (nSPS) is 11.9. The van der Waals surface area contributed by atoms with Gasteiger partial charge in [0.1, 0.15) is 17.4 Å². The summed E-state index contributed by atoms with van der Waals surface area (Å²) >= 11 is 1.48. The van der Waals surface area contributed by atoms with Gasteiger partial charge in [-0.2, -0.15) is 4.31 Å². The molecule has 0 aliphatic heterocycles. The van der Waals surface area contributed by atoms with E-state index in [1.54, 1.807) is 12.1 Å². The molecule has 0 spiro atoms. The summed E-state index contributed by atoms with van der Waals surface area (Å²) in [7, 11) is -3.60. The van der Waals surface area contributed by atoms with Gasteiger partial charge in [0.25, 0.3) is 0 Å². The smallest absolute Gasteiger partial charge is 0.243 e. The molecule has 0 saturated heterocycles. The van der Waals surface area contributed by atoms with Crippen molar-refractivity contribution in [2.45, 2.75) is 51.8 Å². The molecule has 0 fully saturated rings. The van der Waals surface area contributed by atoms with Crippen LogP contribution in [0.4, 0.5) is 0 Å². The molecule has 1 aromatic heterocycles. The van der Waals surface area contributed by atoms with E-state index in [9.17, 15) is 8.42 Å². The van der Waals surface area contributed by atoms with Crippen molar-refractivity contribution in [1.82, 2.24) is 9.29 Å². The number of ether oxygens (including phenoxy) is 1. The van der Waals surface area contributed by atoms with Crippen molar-refractivity contribution in [2.75, 3.05) is 0 Å². The van der Waals surface area contributed by atoms with E-state index >= 15 is 0 Å². The number of rotatable bonds is 8. The van der Waals surface area contributed by atoms with E-state index in [-0.39, 0.29) is 12.6 Å². The summed E-state index contributed by atoms with van der Waals surface area (Å²) in [5.74, 6) is 0.790. The number of hydrogen-bond donors (Lipinski definition) is 0. The molecule has 0 radical (unpaired) electrons. The third-order valence-corrected chi connectivity index (χ3v) is 7.41. The topological polar surface area (TPSA) is 59.5 Å². The van der Waals surface area contributed by atoms with Gasteiger partial charge >= 0.3 is 0 Å². The molecule has 0 bridgehead atoms. The minimum atomic E-state index is -3.60. The monoisotopic (exact) mass is 430 g/mol. The molecule has 0 unspecified atom stereocenters. The van der Waals surface area contributed by atoms with E-state index in [4.69, 9.17) is 4.74 Å². The van der Waals surface area contributed by atoms with Crippen molar-refractivity contribution < 1.29 is 13.2 Å². The highest BCUT2D eigenvalue weighted by Gasteiger charge is 2.27. The van der Waals surface area contributed by atoms with Crippen molar-refractivity contribution in [2.24, 2.45) is 0 Å². The molecule has 154 valence electrons. The van der Waals surface area contributed by atoms with E-state index in [0.717, 1.165) is 22.0 Å². The van der Waals surface area contributed by atoms with Crippen LogP contribution in [0.25, 0.3) is 0 Å².